The minimum absolute atomic E-state index is 0.119. The first-order valence-electron chi connectivity index (χ1n) is 6.37. The summed E-state index contributed by atoms with van der Waals surface area (Å²) in [4.78, 5) is 14.5. The molecule has 0 saturated carbocycles. The number of carbonyl (C=O) groups excluding carboxylic acids is 1. The highest BCUT2D eigenvalue weighted by Crippen LogP contribution is 2.23. The van der Waals surface area contributed by atoms with Gasteiger partial charge < -0.3 is 15.7 Å². The zero-order valence-electron chi connectivity index (χ0n) is 11.6. The molecule has 6 heteroatoms. The van der Waals surface area contributed by atoms with E-state index in [1.54, 1.807) is 11.0 Å². The third-order valence-corrected chi connectivity index (χ3v) is 3.13. The van der Waals surface area contributed by atoms with Crippen LogP contribution < -0.4 is 5.73 Å². The van der Waals surface area contributed by atoms with Crippen molar-refractivity contribution in [3.05, 3.63) is 28.8 Å². The van der Waals surface area contributed by atoms with Crippen LogP contribution in [0.3, 0.4) is 0 Å². The van der Waals surface area contributed by atoms with E-state index in [2.05, 4.69) is 0 Å². The van der Waals surface area contributed by atoms with Crippen molar-refractivity contribution in [3.63, 3.8) is 0 Å². The molecule has 0 aromatic heterocycles. The number of thiocarbonyl (C=S) groups is 1. The molecule has 0 unspecified atom stereocenters. The predicted octanol–water partition coefficient (Wildman–Crippen LogP) is 2.82. The van der Waals surface area contributed by atoms with E-state index in [-0.39, 0.29) is 17.2 Å². The molecule has 4 nitrogen and oxygen atoms in total. The molecule has 1 aromatic carbocycles. The number of hydrogen-bond donors (Lipinski definition) is 2. The van der Waals surface area contributed by atoms with Gasteiger partial charge in [-0.25, -0.2) is 0 Å². The topological polar surface area (TPSA) is 66.6 Å². The fourth-order valence-corrected chi connectivity index (χ4v) is 2.08. The number of phenolic OH excluding ortho intramolecular Hbond substituents is 1. The number of carbonyl (C=O) groups is 1. The number of nitrogens with two attached hydrogens (primary N) is 1. The molecule has 110 valence electrons. The standard InChI is InChI=1S/C14H19ClN2O2S/c1-9(2)8-17(6-5-13(16)20)14(19)11-4-3-10(15)7-12(11)18/h3-4,7,9,18H,5-6,8H2,1-2H3,(H2,16,20). The summed E-state index contributed by atoms with van der Waals surface area (Å²) in [6.07, 6.45) is 0.460. The van der Waals surface area contributed by atoms with Crippen molar-refractivity contribution < 1.29 is 9.90 Å². The zero-order valence-corrected chi connectivity index (χ0v) is 13.2. The van der Waals surface area contributed by atoms with Gasteiger partial charge in [-0.1, -0.05) is 37.7 Å². The van der Waals surface area contributed by atoms with Crippen molar-refractivity contribution in [2.24, 2.45) is 11.7 Å². The van der Waals surface area contributed by atoms with Crippen molar-refractivity contribution in [2.45, 2.75) is 20.3 Å². The molecule has 0 bridgehead atoms. The lowest BCUT2D eigenvalue weighted by molar-refractivity contribution is 0.0738. The molecule has 0 aliphatic carbocycles. The molecule has 0 aliphatic heterocycles. The van der Waals surface area contributed by atoms with Gasteiger partial charge in [-0.3, -0.25) is 4.79 Å². The lowest BCUT2D eigenvalue weighted by Crippen LogP contribution is -2.36. The first kappa shape index (κ1) is 16.7. The van der Waals surface area contributed by atoms with E-state index in [0.717, 1.165) is 0 Å². The molecular formula is C14H19ClN2O2S. The van der Waals surface area contributed by atoms with Gasteiger partial charge in [-0.05, 0) is 24.1 Å². The lowest BCUT2D eigenvalue weighted by atomic mass is 10.1. The van der Waals surface area contributed by atoms with Crippen LogP contribution in [0.25, 0.3) is 0 Å². The summed E-state index contributed by atoms with van der Waals surface area (Å²) in [5.41, 5.74) is 5.72. The maximum Gasteiger partial charge on any atom is 0.257 e. The number of amides is 1. The third kappa shape index (κ3) is 4.98. The van der Waals surface area contributed by atoms with Gasteiger partial charge in [0.2, 0.25) is 0 Å². The summed E-state index contributed by atoms with van der Waals surface area (Å²) < 4.78 is 0. The Morgan fingerprint density at radius 3 is 2.65 bits per heavy atom. The van der Waals surface area contributed by atoms with Crippen molar-refractivity contribution in [3.8, 4) is 5.75 Å². The third-order valence-electron chi connectivity index (χ3n) is 2.69. The zero-order chi connectivity index (χ0) is 15.3. The first-order valence-corrected chi connectivity index (χ1v) is 7.16. The van der Waals surface area contributed by atoms with E-state index < -0.39 is 0 Å². The van der Waals surface area contributed by atoms with Gasteiger partial charge in [0.15, 0.2) is 0 Å². The molecule has 3 N–H and O–H groups in total. The number of benzene rings is 1. The second-order valence-electron chi connectivity index (χ2n) is 5.02. The Kier molecular flexibility index (Phi) is 6.23. The SMILES string of the molecule is CC(C)CN(CCC(N)=S)C(=O)c1ccc(Cl)cc1O. The maximum atomic E-state index is 12.5. The number of rotatable bonds is 6. The fraction of sp³-hybridized carbons (Fsp3) is 0.429. The molecule has 0 heterocycles. The summed E-state index contributed by atoms with van der Waals surface area (Å²) in [6, 6.07) is 4.46. The normalized spacial score (nSPS) is 10.6. The van der Waals surface area contributed by atoms with E-state index in [0.29, 0.717) is 35.4 Å². The van der Waals surface area contributed by atoms with Crippen LogP contribution in [0.4, 0.5) is 0 Å². The molecule has 0 aliphatic rings. The second-order valence-corrected chi connectivity index (χ2v) is 5.98. The molecule has 1 rings (SSSR count). The Balaban J connectivity index is 2.93. The van der Waals surface area contributed by atoms with Crippen molar-refractivity contribution >= 4 is 34.7 Å². The van der Waals surface area contributed by atoms with Gasteiger partial charge >= 0.3 is 0 Å². The molecule has 0 atom stereocenters. The smallest absolute Gasteiger partial charge is 0.257 e. The van der Waals surface area contributed by atoms with E-state index in [9.17, 15) is 9.90 Å². The van der Waals surface area contributed by atoms with Crippen molar-refractivity contribution in [2.75, 3.05) is 13.1 Å². The number of halogens is 1. The van der Waals surface area contributed by atoms with Crippen LogP contribution in [0.15, 0.2) is 18.2 Å². The summed E-state index contributed by atoms with van der Waals surface area (Å²) in [7, 11) is 0. The molecule has 1 amide bonds. The molecule has 0 radical (unpaired) electrons. The predicted molar refractivity (Wildman–Crippen MR) is 85.3 cm³/mol. The molecule has 0 spiro atoms. The number of phenols is 1. The summed E-state index contributed by atoms with van der Waals surface area (Å²) in [6.45, 7) is 5.05. The highest BCUT2D eigenvalue weighted by molar-refractivity contribution is 7.80. The minimum Gasteiger partial charge on any atom is -0.507 e. The monoisotopic (exact) mass is 314 g/mol. The maximum absolute atomic E-state index is 12.5. The number of hydrogen-bond acceptors (Lipinski definition) is 3. The average molecular weight is 315 g/mol. The first-order chi connectivity index (χ1) is 9.31. The Hall–Kier alpha value is -1.33. The fourth-order valence-electron chi connectivity index (χ4n) is 1.82. The molecule has 1 aromatic rings. The van der Waals surface area contributed by atoms with E-state index >= 15 is 0 Å². The molecule has 20 heavy (non-hydrogen) atoms. The van der Waals surface area contributed by atoms with Gasteiger partial charge in [0.25, 0.3) is 5.91 Å². The van der Waals surface area contributed by atoms with Crippen LogP contribution in [0.1, 0.15) is 30.6 Å². The highest BCUT2D eigenvalue weighted by Gasteiger charge is 2.20. The summed E-state index contributed by atoms with van der Waals surface area (Å²) >= 11 is 10.6. The van der Waals surface area contributed by atoms with E-state index in [1.165, 1.54) is 12.1 Å². The molecule has 0 fully saturated rings. The minimum atomic E-state index is -0.246. The summed E-state index contributed by atoms with van der Waals surface area (Å²) in [5, 5.41) is 10.2. The molecule has 0 saturated heterocycles. The lowest BCUT2D eigenvalue weighted by Gasteiger charge is -2.25. The Labute approximate surface area is 129 Å². The van der Waals surface area contributed by atoms with Crippen LogP contribution >= 0.6 is 23.8 Å². The van der Waals surface area contributed by atoms with E-state index in [1.807, 2.05) is 13.8 Å². The quantitative estimate of drug-likeness (QED) is 0.792. The second kappa shape index (κ2) is 7.45. The largest absolute Gasteiger partial charge is 0.507 e. The Morgan fingerprint density at radius 1 is 1.50 bits per heavy atom. The van der Waals surface area contributed by atoms with E-state index in [4.69, 9.17) is 29.6 Å². The van der Waals surface area contributed by atoms with Gasteiger partial charge in [0.1, 0.15) is 5.75 Å². The summed E-state index contributed by atoms with van der Waals surface area (Å²) in [5.74, 6) is -0.0598. The van der Waals surface area contributed by atoms with Crippen molar-refractivity contribution in [1.82, 2.24) is 4.90 Å². The Morgan fingerprint density at radius 2 is 2.15 bits per heavy atom. The van der Waals surface area contributed by atoms with Gasteiger partial charge in [0.05, 0.1) is 10.6 Å². The van der Waals surface area contributed by atoms with Crippen LogP contribution in [-0.2, 0) is 0 Å². The van der Waals surface area contributed by atoms with Crippen molar-refractivity contribution in [1.29, 1.82) is 0 Å². The number of aromatic hydroxyl groups is 1. The van der Waals surface area contributed by atoms with Crippen LogP contribution in [-0.4, -0.2) is 34.0 Å². The van der Waals surface area contributed by atoms with Crippen LogP contribution in [0.2, 0.25) is 5.02 Å². The van der Waals surface area contributed by atoms with Crippen LogP contribution in [0, 0.1) is 5.92 Å². The van der Waals surface area contributed by atoms with Gasteiger partial charge in [-0.2, -0.15) is 0 Å². The average Bonchev–Trinajstić information content (AvgIpc) is 2.33. The highest BCUT2D eigenvalue weighted by atomic mass is 35.5. The Bertz CT molecular complexity index is 506. The van der Waals surface area contributed by atoms with Gasteiger partial charge in [0, 0.05) is 24.5 Å². The molecular weight excluding hydrogens is 296 g/mol. The van der Waals surface area contributed by atoms with Crippen LogP contribution in [0.5, 0.6) is 5.75 Å². The number of nitrogens with zero attached hydrogens (tertiary/aromatic N) is 1. The van der Waals surface area contributed by atoms with Gasteiger partial charge in [-0.15, -0.1) is 0 Å².